The second kappa shape index (κ2) is 6.33. The van der Waals surface area contributed by atoms with E-state index in [0.717, 1.165) is 0 Å². The molecule has 0 bridgehead atoms. The molecule has 0 aliphatic rings. The third-order valence-corrected chi connectivity index (χ3v) is 5.28. The van der Waals surface area contributed by atoms with E-state index in [-0.39, 0.29) is 12.5 Å². The average Bonchev–Trinajstić information content (AvgIpc) is 2.82. The molecule has 2 heterocycles. The molecular formula is C9H14ClN5O3P2. The van der Waals surface area contributed by atoms with Crippen molar-refractivity contribution in [1.29, 1.82) is 0 Å². The summed E-state index contributed by atoms with van der Waals surface area (Å²) in [7, 11) is 1.87. The fourth-order valence-corrected chi connectivity index (χ4v) is 2.45. The molecule has 0 saturated carbocycles. The molecule has 2 rings (SSSR count). The highest BCUT2D eigenvalue weighted by Crippen LogP contribution is 2.54. The summed E-state index contributed by atoms with van der Waals surface area (Å²) in [6.07, 6.45) is 2.54. The number of nitrogens with zero attached hydrogens (tertiary/aromatic N) is 4. The van der Waals surface area contributed by atoms with Crippen LogP contribution in [0.15, 0.2) is 12.7 Å². The maximum atomic E-state index is 11.5. The van der Waals surface area contributed by atoms with Gasteiger partial charge in [-0.05, 0) is 18.2 Å². The quantitative estimate of drug-likeness (QED) is 0.804. The topological polar surface area (TPSA) is 105 Å². The number of fused-ring (bicyclic) bond motifs is 1. The lowest BCUT2D eigenvalue weighted by molar-refractivity contribution is 0.0848. The lowest BCUT2D eigenvalue weighted by atomic mass is 10.4. The zero-order valence-corrected chi connectivity index (χ0v) is 13.4. The summed E-state index contributed by atoms with van der Waals surface area (Å²) < 4.78 is 23.2. The predicted molar refractivity (Wildman–Crippen MR) is 79.4 cm³/mol. The van der Waals surface area contributed by atoms with Crippen molar-refractivity contribution in [2.45, 2.75) is 19.6 Å². The number of hydrogen-bond acceptors (Lipinski definition) is 7. The molecule has 20 heavy (non-hydrogen) atoms. The highest BCUT2D eigenvalue weighted by Gasteiger charge is 2.20. The van der Waals surface area contributed by atoms with E-state index in [9.17, 15) is 4.57 Å². The predicted octanol–water partition coefficient (Wildman–Crippen LogP) is 2.01. The van der Waals surface area contributed by atoms with E-state index in [1.54, 1.807) is 10.9 Å². The van der Waals surface area contributed by atoms with Crippen molar-refractivity contribution in [1.82, 2.24) is 19.5 Å². The number of rotatable bonds is 6. The van der Waals surface area contributed by atoms with E-state index in [2.05, 4.69) is 19.3 Å². The van der Waals surface area contributed by atoms with Crippen molar-refractivity contribution in [3.05, 3.63) is 12.7 Å². The minimum absolute atomic E-state index is 0.178. The standard InChI is InChI=1S/C9H14ClN5O3P2/c1-6(17-5-20(10,16)18-19)2-15-4-14-7-8(11)12-3-13-9(7)15/h3-4,6H,2,5,19H2,1H3,(H2,11,12,13)/t6-,20+/m1/s1. The number of nitrogen functional groups attached to an aromatic ring is 1. The van der Waals surface area contributed by atoms with Gasteiger partial charge in [-0.1, -0.05) is 0 Å². The van der Waals surface area contributed by atoms with Crippen LogP contribution in [-0.2, 0) is 20.2 Å². The molecule has 1 unspecified atom stereocenters. The second-order valence-corrected chi connectivity index (χ2v) is 7.96. The van der Waals surface area contributed by atoms with Crippen molar-refractivity contribution in [3.63, 3.8) is 0 Å². The molecule has 0 radical (unpaired) electrons. The minimum Gasteiger partial charge on any atom is -0.382 e. The van der Waals surface area contributed by atoms with Gasteiger partial charge in [0.25, 0.3) is 0 Å². The van der Waals surface area contributed by atoms with Crippen LogP contribution in [0.5, 0.6) is 0 Å². The zero-order chi connectivity index (χ0) is 14.8. The highest BCUT2D eigenvalue weighted by atomic mass is 35.7. The number of aromatic nitrogens is 4. The Labute approximate surface area is 122 Å². The van der Waals surface area contributed by atoms with Crippen LogP contribution in [0.1, 0.15) is 6.92 Å². The molecule has 0 amide bonds. The molecule has 11 heteroatoms. The second-order valence-electron chi connectivity index (χ2n) is 4.13. The number of halogens is 1. The molecular weight excluding hydrogens is 324 g/mol. The fourth-order valence-electron chi connectivity index (χ4n) is 1.61. The van der Waals surface area contributed by atoms with E-state index in [0.29, 0.717) is 23.5 Å². The van der Waals surface area contributed by atoms with E-state index >= 15 is 0 Å². The third-order valence-electron chi connectivity index (χ3n) is 2.55. The van der Waals surface area contributed by atoms with Gasteiger partial charge >= 0.3 is 6.72 Å². The summed E-state index contributed by atoms with van der Waals surface area (Å²) in [5.41, 5.74) is 6.86. The summed E-state index contributed by atoms with van der Waals surface area (Å²) in [4.78, 5) is 12.1. The van der Waals surface area contributed by atoms with Crippen molar-refractivity contribution < 1.29 is 13.6 Å². The minimum atomic E-state index is -3.23. The maximum absolute atomic E-state index is 11.5. The van der Waals surface area contributed by atoms with Crippen LogP contribution >= 0.6 is 27.4 Å². The molecule has 2 aromatic heterocycles. The summed E-state index contributed by atoms with van der Waals surface area (Å²) in [6, 6.07) is 0. The Morgan fingerprint density at radius 3 is 3.00 bits per heavy atom. The Balaban J connectivity index is 2.05. The molecule has 8 nitrogen and oxygen atoms in total. The van der Waals surface area contributed by atoms with Gasteiger partial charge in [0, 0.05) is 9.47 Å². The van der Waals surface area contributed by atoms with Crippen molar-refractivity contribution in [2.75, 3.05) is 12.1 Å². The Morgan fingerprint density at radius 2 is 2.30 bits per heavy atom. The lowest BCUT2D eigenvalue weighted by Crippen LogP contribution is -2.16. The van der Waals surface area contributed by atoms with E-state index in [1.165, 1.54) is 6.33 Å². The molecule has 0 spiro atoms. The molecule has 110 valence electrons. The largest absolute Gasteiger partial charge is 0.382 e. The van der Waals surface area contributed by atoms with Crippen molar-refractivity contribution in [2.24, 2.45) is 0 Å². The van der Waals surface area contributed by atoms with Crippen molar-refractivity contribution in [3.8, 4) is 0 Å². The van der Waals surface area contributed by atoms with Crippen LogP contribution in [0.3, 0.4) is 0 Å². The molecule has 0 aromatic carbocycles. The van der Waals surface area contributed by atoms with Gasteiger partial charge < -0.3 is 15.0 Å². The van der Waals surface area contributed by atoms with E-state index < -0.39 is 6.72 Å². The van der Waals surface area contributed by atoms with Crippen LogP contribution in [0.2, 0.25) is 0 Å². The summed E-state index contributed by atoms with van der Waals surface area (Å²) in [5, 5.41) is 0. The Hall–Kier alpha value is -0.780. The van der Waals surface area contributed by atoms with E-state index in [1.807, 2.05) is 16.4 Å². The van der Waals surface area contributed by atoms with Crippen molar-refractivity contribution >= 4 is 44.4 Å². The fraction of sp³-hybridized carbons (Fsp3) is 0.444. The first-order valence-electron chi connectivity index (χ1n) is 5.63. The Kier molecular flexibility index (Phi) is 4.94. The molecule has 2 N–H and O–H groups in total. The highest BCUT2D eigenvalue weighted by molar-refractivity contribution is 7.86. The third kappa shape index (κ3) is 3.65. The number of nitrogens with two attached hydrogens (primary N) is 1. The Bertz CT molecular complexity index is 652. The molecule has 0 aliphatic carbocycles. The normalized spacial score (nSPS) is 16.1. The Morgan fingerprint density at radius 1 is 1.55 bits per heavy atom. The van der Waals surface area contributed by atoms with E-state index in [4.69, 9.17) is 21.7 Å². The maximum Gasteiger partial charge on any atom is 0.317 e. The molecule has 3 atom stereocenters. The number of anilines is 1. The van der Waals surface area contributed by atoms with Gasteiger partial charge in [-0.25, -0.2) is 15.0 Å². The first-order chi connectivity index (χ1) is 9.43. The summed E-state index contributed by atoms with van der Waals surface area (Å²) >= 11 is 5.59. The number of ether oxygens (including phenoxy) is 1. The van der Waals surface area contributed by atoms with Gasteiger partial charge in [0.15, 0.2) is 11.5 Å². The number of imidazole rings is 1. The van der Waals surface area contributed by atoms with Crippen LogP contribution in [0.4, 0.5) is 5.82 Å². The lowest BCUT2D eigenvalue weighted by Gasteiger charge is -2.15. The SMILES string of the molecule is C[C@H](Cn1cnc2c(N)ncnc21)OC[P@@](=O)(Cl)OP. The van der Waals surface area contributed by atoms with Crippen LogP contribution in [0, 0.1) is 0 Å². The van der Waals surface area contributed by atoms with Gasteiger partial charge in [-0.3, -0.25) is 8.88 Å². The summed E-state index contributed by atoms with van der Waals surface area (Å²) in [6.45, 7) is -0.956. The van der Waals surface area contributed by atoms with Gasteiger partial charge in [-0.15, -0.1) is 0 Å². The van der Waals surface area contributed by atoms with Gasteiger partial charge in [0.2, 0.25) is 0 Å². The molecule has 0 aliphatic heterocycles. The number of hydrogen-bond donors (Lipinski definition) is 1. The van der Waals surface area contributed by atoms with Gasteiger partial charge in [0.1, 0.15) is 18.2 Å². The van der Waals surface area contributed by atoms with Gasteiger partial charge in [0.05, 0.1) is 19.0 Å². The smallest absolute Gasteiger partial charge is 0.317 e. The zero-order valence-electron chi connectivity index (χ0n) is 10.6. The first kappa shape index (κ1) is 15.6. The summed E-state index contributed by atoms with van der Waals surface area (Å²) in [5.74, 6) is 0.323. The van der Waals surface area contributed by atoms with Crippen LogP contribution < -0.4 is 5.73 Å². The first-order valence-corrected chi connectivity index (χ1v) is 8.81. The average molecular weight is 338 g/mol. The van der Waals surface area contributed by atoms with Crippen LogP contribution in [0.25, 0.3) is 11.2 Å². The molecule has 0 saturated heterocycles. The monoisotopic (exact) mass is 337 g/mol. The molecule has 2 aromatic rings. The van der Waals surface area contributed by atoms with Gasteiger partial charge in [-0.2, -0.15) is 0 Å². The molecule has 0 fully saturated rings. The van der Waals surface area contributed by atoms with Crippen LogP contribution in [-0.4, -0.2) is 32.0 Å².